The summed E-state index contributed by atoms with van der Waals surface area (Å²) in [6.45, 7) is 4.65. The molecule has 1 aromatic heterocycles. The summed E-state index contributed by atoms with van der Waals surface area (Å²) in [7, 11) is 0. The third-order valence-electron chi connectivity index (χ3n) is 7.52. The van der Waals surface area contributed by atoms with Gasteiger partial charge in [-0.2, -0.15) is 13.2 Å². The molecule has 0 saturated carbocycles. The lowest BCUT2D eigenvalue weighted by atomic mass is 10.1. The summed E-state index contributed by atoms with van der Waals surface area (Å²) < 4.78 is 47.2. The first kappa shape index (κ1) is 25.8. The topological polar surface area (TPSA) is 40.6 Å². The molecule has 3 aromatic carbocycles. The minimum atomic E-state index is -4.49. The summed E-state index contributed by atoms with van der Waals surface area (Å²) >= 11 is 6.03. The van der Waals surface area contributed by atoms with Gasteiger partial charge in [0.05, 0.1) is 11.1 Å². The van der Waals surface area contributed by atoms with Crippen LogP contribution in [-0.2, 0) is 6.18 Å². The van der Waals surface area contributed by atoms with Crippen LogP contribution in [0.3, 0.4) is 0 Å². The van der Waals surface area contributed by atoms with Crippen molar-refractivity contribution in [2.75, 3.05) is 36.5 Å². The van der Waals surface area contributed by atoms with Crippen LogP contribution in [0.1, 0.15) is 17.7 Å². The van der Waals surface area contributed by atoms with Gasteiger partial charge in [-0.05, 0) is 61.9 Å². The van der Waals surface area contributed by atoms with E-state index in [1.165, 1.54) is 5.69 Å². The fraction of sp³-hybridized carbons (Fsp3) is 0.300. The molecule has 2 saturated heterocycles. The standard InChI is InChI=1S/C30H28ClF3N4O/c1-19-12-29(27-4-2-3-5-28(27)35-19)36-22-13-20(30(32,33)34)14-26(15-22)39-11-10-37-17-25-16-24(37)18-38(25)23-8-6-21(31)7-9-23/h2-9,12-15,24-25H,10-11,16-18H2,1H3,(H,35,36)/t24-,25-/m1/s1. The van der Waals surface area contributed by atoms with Crippen molar-refractivity contribution in [3.8, 4) is 5.75 Å². The van der Waals surface area contributed by atoms with Gasteiger partial charge >= 0.3 is 6.18 Å². The summed E-state index contributed by atoms with van der Waals surface area (Å²) in [5, 5.41) is 4.73. The highest BCUT2D eigenvalue weighted by Crippen LogP contribution is 2.37. The lowest BCUT2D eigenvalue weighted by Gasteiger charge is -2.35. The predicted molar refractivity (Wildman–Crippen MR) is 149 cm³/mol. The highest BCUT2D eigenvalue weighted by atomic mass is 35.5. The molecular formula is C30H28ClF3N4O. The van der Waals surface area contributed by atoms with Crippen LogP contribution in [0.2, 0.25) is 5.02 Å². The van der Waals surface area contributed by atoms with E-state index in [2.05, 4.69) is 20.1 Å². The van der Waals surface area contributed by atoms with Gasteiger partial charge in [0.25, 0.3) is 0 Å². The normalized spacial score (nSPS) is 19.2. The van der Waals surface area contributed by atoms with Gasteiger partial charge < -0.3 is 15.0 Å². The van der Waals surface area contributed by atoms with Gasteiger partial charge in [0, 0.05) is 70.9 Å². The Bertz CT molecular complexity index is 1490. The zero-order valence-corrected chi connectivity index (χ0v) is 22.1. The second kappa shape index (κ2) is 10.2. The quantitative estimate of drug-likeness (QED) is 0.260. The number of ether oxygens (including phenoxy) is 1. The molecule has 0 aliphatic carbocycles. The average molecular weight is 553 g/mol. The molecule has 0 radical (unpaired) electrons. The van der Waals surface area contributed by atoms with Crippen molar-refractivity contribution in [2.45, 2.75) is 31.6 Å². The molecular weight excluding hydrogens is 525 g/mol. The number of nitrogens with one attached hydrogen (secondary N) is 1. The second-order valence-electron chi connectivity index (χ2n) is 10.2. The van der Waals surface area contributed by atoms with E-state index in [0.717, 1.165) is 53.3 Å². The molecule has 2 aliphatic heterocycles. The Labute approximate surface area is 230 Å². The molecule has 3 heterocycles. The van der Waals surface area contributed by atoms with Crippen LogP contribution in [0.5, 0.6) is 5.75 Å². The molecule has 2 atom stereocenters. The number of likely N-dealkylation sites (tertiary alicyclic amines) is 1. The molecule has 39 heavy (non-hydrogen) atoms. The van der Waals surface area contributed by atoms with Crippen LogP contribution in [-0.4, -0.2) is 48.2 Å². The molecule has 0 unspecified atom stereocenters. The zero-order valence-electron chi connectivity index (χ0n) is 21.4. The van der Waals surface area contributed by atoms with Crippen LogP contribution >= 0.6 is 11.6 Å². The van der Waals surface area contributed by atoms with E-state index in [9.17, 15) is 13.2 Å². The molecule has 2 fully saturated rings. The van der Waals surface area contributed by atoms with Crippen molar-refractivity contribution in [3.05, 3.63) is 89.1 Å². The number of aromatic nitrogens is 1. The number of halogens is 4. The Morgan fingerprint density at radius 2 is 1.79 bits per heavy atom. The largest absolute Gasteiger partial charge is 0.492 e. The van der Waals surface area contributed by atoms with Crippen molar-refractivity contribution in [1.29, 1.82) is 0 Å². The number of rotatable bonds is 7. The van der Waals surface area contributed by atoms with Gasteiger partial charge in [0.1, 0.15) is 12.4 Å². The van der Waals surface area contributed by atoms with E-state index >= 15 is 0 Å². The first-order valence-electron chi connectivity index (χ1n) is 13.0. The van der Waals surface area contributed by atoms with E-state index < -0.39 is 11.7 Å². The Hall–Kier alpha value is -3.49. The predicted octanol–water partition coefficient (Wildman–Crippen LogP) is 7.30. The molecule has 2 aliphatic rings. The maximum Gasteiger partial charge on any atom is 0.416 e. The summed E-state index contributed by atoms with van der Waals surface area (Å²) in [5.74, 6) is 0.189. The highest BCUT2D eigenvalue weighted by Gasteiger charge is 2.43. The van der Waals surface area contributed by atoms with E-state index in [0.29, 0.717) is 36.6 Å². The molecule has 0 amide bonds. The molecule has 5 nitrogen and oxygen atoms in total. The van der Waals surface area contributed by atoms with Crippen molar-refractivity contribution >= 4 is 39.6 Å². The third-order valence-corrected chi connectivity index (χ3v) is 7.77. The molecule has 4 aromatic rings. The third kappa shape index (κ3) is 5.49. The molecule has 2 bridgehead atoms. The van der Waals surface area contributed by atoms with E-state index in [1.807, 2.05) is 61.5 Å². The van der Waals surface area contributed by atoms with Crippen molar-refractivity contribution < 1.29 is 17.9 Å². The van der Waals surface area contributed by atoms with Gasteiger partial charge in [-0.1, -0.05) is 29.8 Å². The fourth-order valence-electron chi connectivity index (χ4n) is 5.74. The molecule has 9 heteroatoms. The number of piperazine rings is 1. The lowest BCUT2D eigenvalue weighted by Crippen LogP contribution is -2.47. The van der Waals surface area contributed by atoms with E-state index in [4.69, 9.17) is 16.3 Å². The monoisotopic (exact) mass is 552 g/mol. The number of hydrogen-bond donors (Lipinski definition) is 1. The van der Waals surface area contributed by atoms with Gasteiger partial charge in [-0.3, -0.25) is 9.88 Å². The maximum atomic E-state index is 13.8. The first-order chi connectivity index (χ1) is 18.7. The highest BCUT2D eigenvalue weighted by molar-refractivity contribution is 6.30. The van der Waals surface area contributed by atoms with E-state index in [-0.39, 0.29) is 5.75 Å². The van der Waals surface area contributed by atoms with Crippen LogP contribution < -0.4 is 15.0 Å². The first-order valence-corrected chi connectivity index (χ1v) is 13.4. The fourth-order valence-corrected chi connectivity index (χ4v) is 5.86. The minimum Gasteiger partial charge on any atom is -0.492 e. The van der Waals surface area contributed by atoms with Crippen molar-refractivity contribution in [1.82, 2.24) is 9.88 Å². The average Bonchev–Trinajstić information content (AvgIpc) is 3.49. The van der Waals surface area contributed by atoms with Crippen LogP contribution in [0.25, 0.3) is 10.9 Å². The number of hydrogen-bond acceptors (Lipinski definition) is 5. The summed E-state index contributed by atoms with van der Waals surface area (Å²) in [4.78, 5) is 9.30. The molecule has 0 spiro atoms. The van der Waals surface area contributed by atoms with Crippen LogP contribution in [0.15, 0.2) is 72.8 Å². The van der Waals surface area contributed by atoms with Crippen LogP contribution in [0, 0.1) is 6.92 Å². The Morgan fingerprint density at radius 1 is 1.00 bits per heavy atom. The second-order valence-corrected chi connectivity index (χ2v) is 10.6. The summed E-state index contributed by atoms with van der Waals surface area (Å²) in [6.07, 6.45) is -3.43. The smallest absolute Gasteiger partial charge is 0.416 e. The number of para-hydroxylation sites is 1. The van der Waals surface area contributed by atoms with E-state index in [1.54, 1.807) is 6.07 Å². The molecule has 202 valence electrons. The Balaban J connectivity index is 1.14. The maximum absolute atomic E-state index is 13.8. The van der Waals surface area contributed by atoms with Gasteiger partial charge in [-0.25, -0.2) is 0 Å². The van der Waals surface area contributed by atoms with Gasteiger partial charge in [0.15, 0.2) is 0 Å². The number of pyridine rings is 1. The molecule has 1 N–H and O–H groups in total. The number of anilines is 3. The Morgan fingerprint density at radius 3 is 2.54 bits per heavy atom. The Kier molecular flexibility index (Phi) is 6.77. The zero-order chi connectivity index (χ0) is 27.1. The van der Waals surface area contributed by atoms with Crippen molar-refractivity contribution in [2.24, 2.45) is 0 Å². The molecule has 6 rings (SSSR count). The minimum absolute atomic E-state index is 0.189. The number of alkyl halides is 3. The van der Waals surface area contributed by atoms with Crippen LogP contribution in [0.4, 0.5) is 30.2 Å². The SMILES string of the molecule is Cc1cc(Nc2cc(OCCN3C[C@H]4C[C@@H]3CN4c3ccc(Cl)cc3)cc(C(F)(F)F)c2)c2ccccc2n1. The number of benzene rings is 3. The number of aryl methyl sites for hydroxylation is 1. The van der Waals surface area contributed by atoms with Gasteiger partial charge in [0.2, 0.25) is 0 Å². The number of nitrogens with zero attached hydrogens (tertiary/aromatic N) is 3. The van der Waals surface area contributed by atoms with Gasteiger partial charge in [-0.15, -0.1) is 0 Å². The lowest BCUT2D eigenvalue weighted by molar-refractivity contribution is -0.137. The number of fused-ring (bicyclic) bond motifs is 3. The van der Waals surface area contributed by atoms with Crippen molar-refractivity contribution in [3.63, 3.8) is 0 Å². The summed E-state index contributed by atoms with van der Waals surface area (Å²) in [5.41, 5.74) is 2.98. The summed E-state index contributed by atoms with van der Waals surface area (Å²) in [6, 6.07) is 21.9.